The fourth-order valence-electron chi connectivity index (χ4n) is 3.86. The zero-order chi connectivity index (χ0) is 20.1. The molecule has 0 saturated carbocycles. The Morgan fingerprint density at radius 2 is 1.72 bits per heavy atom. The third-order valence-corrected chi connectivity index (χ3v) is 5.47. The highest BCUT2D eigenvalue weighted by molar-refractivity contribution is 6.26. The molecule has 8 nitrogen and oxygen atoms in total. The van der Waals surface area contributed by atoms with Gasteiger partial charge < -0.3 is 9.80 Å². The first-order valence-electron chi connectivity index (χ1n) is 9.31. The molecule has 0 bridgehead atoms. The second-order valence-electron chi connectivity index (χ2n) is 7.21. The monoisotopic (exact) mass is 384 g/mol. The highest BCUT2D eigenvalue weighted by Crippen LogP contribution is 2.30. The first-order valence-corrected chi connectivity index (χ1v) is 9.31. The van der Waals surface area contributed by atoms with Crippen LogP contribution in [-0.2, 0) is 0 Å². The normalized spacial score (nSPS) is 16.5. The highest BCUT2D eigenvalue weighted by Gasteiger charge is 2.34. The van der Waals surface area contributed by atoms with E-state index in [1.807, 2.05) is 6.07 Å². The molecule has 0 unspecified atom stereocenters. The fraction of sp³-hybridized carbons (Fsp3) is 0.238. The van der Waals surface area contributed by atoms with Gasteiger partial charge in [0, 0.05) is 32.4 Å². The van der Waals surface area contributed by atoms with Crippen LogP contribution in [0.3, 0.4) is 0 Å². The van der Waals surface area contributed by atoms with Crippen molar-refractivity contribution >= 4 is 28.3 Å². The molecule has 2 aromatic heterocycles. The van der Waals surface area contributed by atoms with Gasteiger partial charge in [-0.15, -0.1) is 0 Å². The molecule has 3 aromatic rings. The minimum atomic E-state index is -0.446. The maximum Gasteiger partial charge on any atom is 0.232 e. The van der Waals surface area contributed by atoms with Gasteiger partial charge in [-0.2, -0.15) is 5.26 Å². The van der Waals surface area contributed by atoms with E-state index in [0.717, 1.165) is 31.9 Å². The van der Waals surface area contributed by atoms with Crippen molar-refractivity contribution in [3.8, 4) is 6.07 Å². The number of nitriles is 1. The molecular weight excluding hydrogens is 368 g/mol. The smallest absolute Gasteiger partial charge is 0.232 e. The van der Waals surface area contributed by atoms with Crippen LogP contribution < -0.4 is 4.90 Å². The van der Waals surface area contributed by atoms with Crippen molar-refractivity contribution in [3.05, 3.63) is 58.7 Å². The van der Waals surface area contributed by atoms with E-state index in [1.165, 1.54) is 6.20 Å². The number of nitrogens with zero attached hydrogens (tertiary/aromatic N) is 6. The topological polar surface area (TPSA) is 103 Å². The van der Waals surface area contributed by atoms with Crippen LogP contribution in [0.5, 0.6) is 0 Å². The Kier molecular flexibility index (Phi) is 3.86. The fourth-order valence-corrected chi connectivity index (χ4v) is 3.86. The van der Waals surface area contributed by atoms with E-state index in [-0.39, 0.29) is 28.4 Å². The lowest BCUT2D eigenvalue weighted by atomic mass is 9.93. The van der Waals surface area contributed by atoms with E-state index in [9.17, 15) is 14.9 Å². The molecule has 0 atom stereocenters. The van der Waals surface area contributed by atoms with Crippen molar-refractivity contribution in [3.63, 3.8) is 0 Å². The standard InChI is InChI=1S/C21H16N6O2/c1-26-7-9-27(10-8-26)15-5-4-14-16(13(15)11-22)25-19-18(24-14)20(28)12-3-2-6-23-17(12)21(19)29/h2-6H,7-10H2,1H3. The van der Waals surface area contributed by atoms with Crippen LogP contribution in [0.15, 0.2) is 30.5 Å². The summed E-state index contributed by atoms with van der Waals surface area (Å²) in [5.74, 6) is -0.822. The van der Waals surface area contributed by atoms with Gasteiger partial charge in [0.05, 0.1) is 16.8 Å². The Labute approximate surface area is 166 Å². The van der Waals surface area contributed by atoms with Crippen LogP contribution in [0.1, 0.15) is 37.8 Å². The molecule has 0 radical (unpaired) electrons. The number of pyridine rings is 1. The van der Waals surface area contributed by atoms with E-state index in [4.69, 9.17) is 0 Å². The second-order valence-corrected chi connectivity index (χ2v) is 7.21. The van der Waals surface area contributed by atoms with Crippen LogP contribution in [0.25, 0.3) is 11.0 Å². The molecule has 1 aliphatic carbocycles. The summed E-state index contributed by atoms with van der Waals surface area (Å²) in [6.45, 7) is 3.38. The summed E-state index contributed by atoms with van der Waals surface area (Å²) in [5.41, 5.74) is 2.18. The van der Waals surface area contributed by atoms with Crippen molar-refractivity contribution in [2.75, 3.05) is 38.1 Å². The largest absolute Gasteiger partial charge is 0.368 e. The zero-order valence-corrected chi connectivity index (χ0v) is 15.7. The molecule has 0 amide bonds. The van der Waals surface area contributed by atoms with E-state index < -0.39 is 5.78 Å². The van der Waals surface area contributed by atoms with Gasteiger partial charge >= 0.3 is 0 Å². The maximum absolute atomic E-state index is 12.9. The van der Waals surface area contributed by atoms with Crippen LogP contribution in [0.4, 0.5) is 5.69 Å². The van der Waals surface area contributed by atoms with Crippen molar-refractivity contribution in [1.29, 1.82) is 5.26 Å². The number of ketones is 2. The summed E-state index contributed by atoms with van der Waals surface area (Å²) in [4.78, 5) is 43.0. The molecule has 2 aliphatic rings. The molecule has 1 saturated heterocycles. The summed E-state index contributed by atoms with van der Waals surface area (Å²) in [6, 6.07) is 9.01. The number of hydrogen-bond donors (Lipinski definition) is 0. The van der Waals surface area contributed by atoms with Crippen LogP contribution in [-0.4, -0.2) is 64.6 Å². The number of likely N-dealkylation sites (N-methyl/N-ethyl adjacent to an activating group) is 1. The Balaban J connectivity index is 1.69. The van der Waals surface area contributed by atoms with Crippen molar-refractivity contribution in [2.24, 2.45) is 0 Å². The molecule has 1 fully saturated rings. The Bertz CT molecular complexity index is 1240. The number of piperazine rings is 1. The number of benzene rings is 1. The zero-order valence-electron chi connectivity index (χ0n) is 15.7. The highest BCUT2D eigenvalue weighted by atomic mass is 16.1. The third kappa shape index (κ3) is 2.59. The van der Waals surface area contributed by atoms with Crippen molar-refractivity contribution < 1.29 is 9.59 Å². The number of aromatic nitrogens is 3. The van der Waals surface area contributed by atoms with Gasteiger partial charge in [0.1, 0.15) is 34.2 Å². The molecule has 0 N–H and O–H groups in total. The van der Waals surface area contributed by atoms with Crippen LogP contribution in [0.2, 0.25) is 0 Å². The third-order valence-electron chi connectivity index (χ3n) is 5.47. The van der Waals surface area contributed by atoms with E-state index in [0.29, 0.717) is 16.6 Å². The molecule has 142 valence electrons. The average Bonchev–Trinajstić information content (AvgIpc) is 2.76. The van der Waals surface area contributed by atoms with Crippen LogP contribution in [0, 0.1) is 11.3 Å². The lowest BCUT2D eigenvalue weighted by Crippen LogP contribution is -2.44. The van der Waals surface area contributed by atoms with Crippen molar-refractivity contribution in [2.45, 2.75) is 0 Å². The Morgan fingerprint density at radius 1 is 0.966 bits per heavy atom. The number of carbonyl (C=O) groups excluding carboxylic acids is 2. The predicted octanol–water partition coefficient (Wildman–Crippen LogP) is 1.42. The first-order chi connectivity index (χ1) is 14.1. The quantitative estimate of drug-likeness (QED) is 0.485. The lowest BCUT2D eigenvalue weighted by Gasteiger charge is -2.34. The van der Waals surface area contributed by atoms with E-state index in [1.54, 1.807) is 18.2 Å². The molecule has 1 aliphatic heterocycles. The lowest BCUT2D eigenvalue weighted by molar-refractivity contribution is 0.0968. The number of fused-ring (bicyclic) bond motifs is 3. The minimum Gasteiger partial charge on any atom is -0.368 e. The molecule has 0 spiro atoms. The van der Waals surface area contributed by atoms with E-state index >= 15 is 0 Å². The first kappa shape index (κ1) is 17.4. The summed E-state index contributed by atoms with van der Waals surface area (Å²) in [5, 5.41) is 9.86. The molecule has 5 rings (SSSR count). The predicted molar refractivity (Wildman–Crippen MR) is 105 cm³/mol. The molecule has 29 heavy (non-hydrogen) atoms. The van der Waals surface area contributed by atoms with Gasteiger partial charge in [0.2, 0.25) is 11.6 Å². The number of hydrogen-bond acceptors (Lipinski definition) is 8. The van der Waals surface area contributed by atoms with Gasteiger partial charge in [-0.1, -0.05) is 0 Å². The van der Waals surface area contributed by atoms with Gasteiger partial charge in [-0.25, -0.2) is 9.97 Å². The molecule has 8 heteroatoms. The Morgan fingerprint density at radius 3 is 2.48 bits per heavy atom. The number of rotatable bonds is 1. The molecule has 1 aromatic carbocycles. The number of anilines is 1. The second kappa shape index (κ2) is 6.43. The van der Waals surface area contributed by atoms with Crippen molar-refractivity contribution in [1.82, 2.24) is 19.9 Å². The van der Waals surface area contributed by atoms with Gasteiger partial charge in [-0.05, 0) is 31.3 Å². The van der Waals surface area contributed by atoms with Gasteiger partial charge in [-0.3, -0.25) is 14.6 Å². The summed E-state index contributed by atoms with van der Waals surface area (Å²) in [7, 11) is 2.06. The summed E-state index contributed by atoms with van der Waals surface area (Å²) >= 11 is 0. The van der Waals surface area contributed by atoms with Crippen LogP contribution >= 0.6 is 0 Å². The van der Waals surface area contributed by atoms with Gasteiger partial charge in [0.15, 0.2) is 0 Å². The molecule has 3 heterocycles. The van der Waals surface area contributed by atoms with E-state index in [2.05, 4.69) is 37.9 Å². The minimum absolute atomic E-state index is 0.0132. The Hall–Kier alpha value is -3.70. The summed E-state index contributed by atoms with van der Waals surface area (Å²) < 4.78 is 0. The summed E-state index contributed by atoms with van der Waals surface area (Å²) in [6.07, 6.45) is 1.47. The SMILES string of the molecule is CN1CCN(c2ccc3nc4c(nc3c2C#N)C(=O)c2ncccc2C4=O)CC1. The number of carbonyl (C=O) groups is 2. The molecular formula is C21H16N6O2. The maximum atomic E-state index is 12.9. The average molecular weight is 384 g/mol. The van der Waals surface area contributed by atoms with Gasteiger partial charge in [0.25, 0.3) is 0 Å².